The van der Waals surface area contributed by atoms with Crippen LogP contribution in [0.5, 0.6) is 17.2 Å². The maximum Gasteiger partial charge on any atom is 0.225 e. The topological polar surface area (TPSA) is 56.8 Å². The van der Waals surface area contributed by atoms with Gasteiger partial charge in [-0.1, -0.05) is 18.2 Å². The molecule has 0 saturated heterocycles. The molecule has 0 bridgehead atoms. The van der Waals surface area contributed by atoms with Gasteiger partial charge < -0.3 is 19.5 Å². The summed E-state index contributed by atoms with van der Waals surface area (Å²) in [4.78, 5) is 12.4. The van der Waals surface area contributed by atoms with Crippen molar-refractivity contribution in [2.24, 2.45) is 0 Å². The summed E-state index contributed by atoms with van der Waals surface area (Å²) >= 11 is 0. The van der Waals surface area contributed by atoms with Gasteiger partial charge >= 0.3 is 0 Å². The first-order valence-electron chi connectivity index (χ1n) is 7.72. The maximum absolute atomic E-state index is 12.4. The van der Waals surface area contributed by atoms with Crippen molar-refractivity contribution in [3.8, 4) is 17.2 Å². The van der Waals surface area contributed by atoms with Crippen LogP contribution < -0.4 is 19.5 Å². The minimum Gasteiger partial charge on any atom is -0.497 e. The van der Waals surface area contributed by atoms with Crippen molar-refractivity contribution in [3.63, 3.8) is 0 Å². The monoisotopic (exact) mass is 329 g/mol. The Balaban J connectivity index is 2.11. The molecule has 0 saturated carbocycles. The second kappa shape index (κ2) is 8.24. The number of hydrogen-bond donors (Lipinski definition) is 1. The van der Waals surface area contributed by atoms with Gasteiger partial charge in [0.1, 0.15) is 17.2 Å². The highest BCUT2D eigenvalue weighted by Gasteiger charge is 2.16. The maximum atomic E-state index is 12.4. The Bertz CT molecular complexity index is 700. The van der Waals surface area contributed by atoms with Crippen LogP contribution in [0.2, 0.25) is 0 Å². The second-order valence-electron chi connectivity index (χ2n) is 5.39. The molecule has 0 aromatic heterocycles. The number of nitrogens with one attached hydrogen (secondary N) is 1. The minimum atomic E-state index is -0.211. The molecule has 5 heteroatoms. The van der Waals surface area contributed by atoms with Crippen LogP contribution in [0, 0.1) is 0 Å². The van der Waals surface area contributed by atoms with Crippen molar-refractivity contribution in [1.29, 1.82) is 0 Å². The molecule has 5 nitrogen and oxygen atoms in total. The summed E-state index contributed by atoms with van der Waals surface area (Å²) in [6.07, 6.45) is 0.251. The van der Waals surface area contributed by atoms with Crippen LogP contribution in [0.3, 0.4) is 0 Å². The molecule has 128 valence electrons. The number of ether oxygens (including phenoxy) is 3. The van der Waals surface area contributed by atoms with Gasteiger partial charge in [0.15, 0.2) is 0 Å². The molecule has 1 amide bonds. The van der Waals surface area contributed by atoms with Crippen LogP contribution in [0.4, 0.5) is 0 Å². The second-order valence-corrected chi connectivity index (χ2v) is 5.39. The quantitative estimate of drug-likeness (QED) is 0.848. The fourth-order valence-electron chi connectivity index (χ4n) is 2.57. The van der Waals surface area contributed by atoms with Crippen LogP contribution in [0.25, 0.3) is 0 Å². The zero-order valence-corrected chi connectivity index (χ0v) is 14.5. The van der Waals surface area contributed by atoms with Crippen molar-refractivity contribution < 1.29 is 19.0 Å². The van der Waals surface area contributed by atoms with Gasteiger partial charge in [0.2, 0.25) is 5.91 Å². The average Bonchev–Trinajstić information content (AvgIpc) is 2.61. The van der Waals surface area contributed by atoms with Crippen molar-refractivity contribution in [2.75, 3.05) is 21.3 Å². The molecule has 0 aliphatic heterocycles. The molecule has 0 aliphatic carbocycles. The van der Waals surface area contributed by atoms with E-state index in [4.69, 9.17) is 14.2 Å². The first kappa shape index (κ1) is 17.7. The number of carbonyl (C=O) groups excluding carboxylic acids is 1. The smallest absolute Gasteiger partial charge is 0.225 e. The van der Waals surface area contributed by atoms with E-state index in [1.165, 1.54) is 0 Å². The number of amides is 1. The molecule has 0 fully saturated rings. The number of hydrogen-bond acceptors (Lipinski definition) is 4. The SMILES string of the molecule is COc1ccc(OC)c([C@@H](C)NC(=O)Cc2ccccc2OC)c1. The summed E-state index contributed by atoms with van der Waals surface area (Å²) in [5, 5.41) is 2.99. The lowest BCUT2D eigenvalue weighted by Crippen LogP contribution is -2.28. The highest BCUT2D eigenvalue weighted by atomic mass is 16.5. The summed E-state index contributed by atoms with van der Waals surface area (Å²) in [7, 11) is 4.81. The largest absolute Gasteiger partial charge is 0.497 e. The fraction of sp³-hybridized carbons (Fsp3) is 0.316. The molecule has 0 unspecified atom stereocenters. The lowest BCUT2D eigenvalue weighted by Gasteiger charge is -2.18. The highest BCUT2D eigenvalue weighted by molar-refractivity contribution is 5.79. The van der Waals surface area contributed by atoms with E-state index >= 15 is 0 Å². The van der Waals surface area contributed by atoms with Gasteiger partial charge in [-0.15, -0.1) is 0 Å². The summed E-state index contributed by atoms with van der Waals surface area (Å²) in [6, 6.07) is 12.8. The molecule has 0 aliphatic rings. The predicted octanol–water partition coefficient (Wildman–Crippen LogP) is 3.13. The van der Waals surface area contributed by atoms with E-state index in [1.807, 2.05) is 49.4 Å². The van der Waals surface area contributed by atoms with Gasteiger partial charge in [0.05, 0.1) is 33.8 Å². The van der Waals surface area contributed by atoms with Crippen molar-refractivity contribution in [2.45, 2.75) is 19.4 Å². The lowest BCUT2D eigenvalue weighted by atomic mass is 10.1. The van der Waals surface area contributed by atoms with E-state index in [2.05, 4.69) is 5.32 Å². The van der Waals surface area contributed by atoms with Gasteiger partial charge in [0.25, 0.3) is 0 Å². The van der Waals surface area contributed by atoms with Crippen molar-refractivity contribution in [3.05, 3.63) is 53.6 Å². The Morgan fingerprint density at radius 1 is 1.00 bits per heavy atom. The Labute approximate surface area is 142 Å². The summed E-state index contributed by atoms with van der Waals surface area (Å²) in [5.74, 6) is 2.05. The minimum absolute atomic E-state index is 0.0862. The van der Waals surface area contributed by atoms with Gasteiger partial charge in [-0.05, 0) is 31.2 Å². The average molecular weight is 329 g/mol. The standard InChI is InChI=1S/C19H23NO4/c1-13(16-12-15(22-2)9-10-18(16)24-4)20-19(21)11-14-7-5-6-8-17(14)23-3/h5-10,12-13H,11H2,1-4H3,(H,20,21)/t13-/m1/s1. The number of para-hydroxylation sites is 1. The zero-order valence-electron chi connectivity index (χ0n) is 14.5. The zero-order chi connectivity index (χ0) is 17.5. The molecule has 1 N–H and O–H groups in total. The molecule has 2 aromatic rings. The van der Waals surface area contributed by atoms with E-state index in [0.717, 1.165) is 16.9 Å². The normalized spacial score (nSPS) is 11.5. The van der Waals surface area contributed by atoms with E-state index in [9.17, 15) is 4.79 Å². The van der Waals surface area contributed by atoms with Crippen molar-refractivity contribution >= 4 is 5.91 Å². The van der Waals surface area contributed by atoms with E-state index in [1.54, 1.807) is 21.3 Å². The first-order chi connectivity index (χ1) is 11.6. The Morgan fingerprint density at radius 3 is 2.38 bits per heavy atom. The van der Waals surface area contributed by atoms with Gasteiger partial charge in [-0.3, -0.25) is 4.79 Å². The fourth-order valence-corrected chi connectivity index (χ4v) is 2.57. The number of carbonyl (C=O) groups is 1. The highest BCUT2D eigenvalue weighted by Crippen LogP contribution is 2.29. The van der Waals surface area contributed by atoms with Crippen molar-refractivity contribution in [1.82, 2.24) is 5.32 Å². The van der Waals surface area contributed by atoms with E-state index < -0.39 is 0 Å². The van der Waals surface area contributed by atoms with Gasteiger partial charge in [-0.2, -0.15) is 0 Å². The molecule has 2 aromatic carbocycles. The Morgan fingerprint density at radius 2 is 1.71 bits per heavy atom. The predicted molar refractivity (Wildman–Crippen MR) is 92.8 cm³/mol. The summed E-state index contributed by atoms with van der Waals surface area (Å²) < 4.78 is 15.9. The molecular formula is C19H23NO4. The van der Waals surface area contributed by atoms with E-state index in [-0.39, 0.29) is 18.4 Å². The van der Waals surface area contributed by atoms with Gasteiger partial charge in [-0.25, -0.2) is 0 Å². The third-order valence-electron chi connectivity index (χ3n) is 3.82. The van der Waals surface area contributed by atoms with Gasteiger partial charge in [0, 0.05) is 11.1 Å². The lowest BCUT2D eigenvalue weighted by molar-refractivity contribution is -0.121. The number of rotatable bonds is 7. The van der Waals surface area contributed by atoms with E-state index in [0.29, 0.717) is 11.5 Å². The molecule has 24 heavy (non-hydrogen) atoms. The van der Waals surface area contributed by atoms with Crippen LogP contribution in [-0.2, 0) is 11.2 Å². The van der Waals surface area contributed by atoms with Crippen LogP contribution in [-0.4, -0.2) is 27.2 Å². The Kier molecular flexibility index (Phi) is 6.07. The molecule has 2 rings (SSSR count). The third-order valence-corrected chi connectivity index (χ3v) is 3.82. The first-order valence-corrected chi connectivity index (χ1v) is 7.72. The van der Waals surface area contributed by atoms with Crippen LogP contribution >= 0.6 is 0 Å². The molecule has 0 spiro atoms. The molecule has 0 heterocycles. The number of benzene rings is 2. The molecule has 0 radical (unpaired) electrons. The molecular weight excluding hydrogens is 306 g/mol. The summed E-state index contributed by atoms with van der Waals surface area (Å²) in [5.41, 5.74) is 1.72. The third kappa shape index (κ3) is 4.19. The van der Waals surface area contributed by atoms with Crippen LogP contribution in [0.1, 0.15) is 24.1 Å². The van der Waals surface area contributed by atoms with Crippen LogP contribution in [0.15, 0.2) is 42.5 Å². The Hall–Kier alpha value is -2.69. The molecule has 1 atom stereocenters. The number of methoxy groups -OCH3 is 3. The summed E-state index contributed by atoms with van der Waals surface area (Å²) in [6.45, 7) is 1.91.